The van der Waals surface area contributed by atoms with E-state index in [2.05, 4.69) is 22.4 Å². The smallest absolute Gasteiger partial charge is 0.407 e. The fraction of sp³-hybridized carbons (Fsp3) is 0.810. The Labute approximate surface area is 182 Å². The predicted molar refractivity (Wildman–Crippen MR) is 110 cm³/mol. The Morgan fingerprint density at radius 1 is 1.29 bits per heavy atom. The van der Waals surface area contributed by atoms with E-state index in [1.54, 1.807) is 4.90 Å². The molecular weight excluding hydrogens is 402 g/mol. The molecule has 0 aromatic carbocycles. The van der Waals surface area contributed by atoms with Crippen molar-refractivity contribution in [1.29, 1.82) is 0 Å². The predicted octanol–water partition coefficient (Wildman–Crippen LogP) is 3.30. The summed E-state index contributed by atoms with van der Waals surface area (Å²) in [5.74, 6) is 0.976. The van der Waals surface area contributed by atoms with Crippen LogP contribution in [0.15, 0.2) is 4.42 Å². The van der Waals surface area contributed by atoms with Gasteiger partial charge in [0.1, 0.15) is 11.6 Å². The molecule has 3 heterocycles. The number of hydrogen-bond donors (Lipinski definition) is 1. The van der Waals surface area contributed by atoms with Crippen LogP contribution < -0.4 is 5.32 Å². The van der Waals surface area contributed by atoms with Crippen LogP contribution in [0.2, 0.25) is 0 Å². The summed E-state index contributed by atoms with van der Waals surface area (Å²) >= 11 is 0. The lowest BCUT2D eigenvalue weighted by Crippen LogP contribution is -2.37. The first-order valence-corrected chi connectivity index (χ1v) is 11.3. The molecule has 1 N–H and O–H groups in total. The van der Waals surface area contributed by atoms with Gasteiger partial charge in [0.05, 0.1) is 18.1 Å². The number of ether oxygens (including phenoxy) is 1. The highest BCUT2D eigenvalue weighted by Crippen LogP contribution is 2.48. The molecule has 2 atom stereocenters. The third-order valence-corrected chi connectivity index (χ3v) is 6.05. The molecule has 2 bridgehead atoms. The molecule has 1 aliphatic carbocycles. The Kier molecular flexibility index (Phi) is 5.85. The Hall–Kier alpha value is -2.36. The average Bonchev–Trinajstić information content (AvgIpc) is 3.27. The van der Waals surface area contributed by atoms with Gasteiger partial charge < -0.3 is 19.4 Å². The Morgan fingerprint density at radius 2 is 2.06 bits per heavy atom. The van der Waals surface area contributed by atoms with Crippen molar-refractivity contribution in [2.24, 2.45) is 0 Å². The van der Waals surface area contributed by atoms with Crippen LogP contribution in [0.25, 0.3) is 0 Å². The molecule has 2 aliphatic heterocycles. The van der Waals surface area contributed by atoms with Crippen molar-refractivity contribution in [2.45, 2.75) is 89.3 Å². The Balaban J connectivity index is 1.38. The maximum absolute atomic E-state index is 12.8. The third-order valence-electron chi connectivity index (χ3n) is 6.05. The van der Waals surface area contributed by atoms with Crippen LogP contribution in [0.1, 0.15) is 84.0 Å². The number of hydrogen-bond acceptors (Lipinski definition) is 7. The van der Waals surface area contributed by atoms with E-state index in [1.807, 2.05) is 20.8 Å². The minimum Gasteiger partial charge on any atom is -0.444 e. The summed E-state index contributed by atoms with van der Waals surface area (Å²) in [6, 6.07) is -0.286. The lowest BCUT2D eigenvalue weighted by molar-refractivity contribution is -0.130. The van der Waals surface area contributed by atoms with Crippen molar-refractivity contribution in [3.8, 4) is 0 Å². The molecule has 0 spiro atoms. The molecular formula is C21H33N5O5. The molecule has 1 aromatic heterocycles. The van der Waals surface area contributed by atoms with E-state index < -0.39 is 11.7 Å². The van der Waals surface area contributed by atoms with Crippen LogP contribution in [0, 0.1) is 0 Å². The average molecular weight is 436 g/mol. The van der Waals surface area contributed by atoms with Gasteiger partial charge in [0, 0.05) is 13.1 Å². The summed E-state index contributed by atoms with van der Waals surface area (Å²) in [5, 5.41) is 12.9. The van der Waals surface area contributed by atoms with E-state index in [9.17, 15) is 9.59 Å². The lowest BCUT2D eigenvalue weighted by Gasteiger charge is -2.27. The number of rotatable bonds is 8. The normalized spacial score (nSPS) is 24.5. The molecule has 172 valence electrons. The molecule has 3 aliphatic rings. The first kappa shape index (κ1) is 21.9. The molecule has 1 saturated carbocycles. The van der Waals surface area contributed by atoms with Crippen molar-refractivity contribution in [3.05, 3.63) is 11.8 Å². The molecule has 3 fully saturated rings. The van der Waals surface area contributed by atoms with Gasteiger partial charge in [0.15, 0.2) is 0 Å². The molecule has 0 unspecified atom stereocenters. The second-order valence-corrected chi connectivity index (χ2v) is 9.78. The summed E-state index contributed by atoms with van der Waals surface area (Å²) in [5.41, 5.74) is -0.891. The number of aromatic nitrogens is 2. The summed E-state index contributed by atoms with van der Waals surface area (Å²) in [6.07, 6.45) is 4.80. The maximum atomic E-state index is 12.8. The van der Waals surface area contributed by atoms with Crippen molar-refractivity contribution in [2.75, 3.05) is 19.7 Å². The number of nitrogens with one attached hydrogen (secondary N) is 1. The zero-order valence-electron chi connectivity index (χ0n) is 18.8. The van der Waals surface area contributed by atoms with Gasteiger partial charge in [-0.2, -0.15) is 5.06 Å². The number of hydroxylamine groups is 2. The number of nitrogens with zero attached hydrogens (tertiary/aromatic N) is 4. The van der Waals surface area contributed by atoms with Crippen molar-refractivity contribution in [3.63, 3.8) is 0 Å². The number of unbranched alkanes of at least 4 members (excludes halogenated alkanes) is 1. The molecule has 10 nitrogen and oxygen atoms in total. The van der Waals surface area contributed by atoms with Crippen LogP contribution in [0.5, 0.6) is 0 Å². The standard InChI is InChI=1S/C21H33N5O5/c1-5-6-11-29-26-14-7-8-15(25(12-14)19(26)28)16-23-24-17(30-16)21(9-10-21)13-22-18(27)31-20(2,3)4/h14-15H,5-13H2,1-4H3,(H,22,27)/t14-,15-/m0/s1. The van der Waals surface area contributed by atoms with Gasteiger partial charge in [-0.05, 0) is 52.9 Å². The molecule has 31 heavy (non-hydrogen) atoms. The third kappa shape index (κ3) is 4.63. The lowest BCUT2D eigenvalue weighted by atomic mass is 10.0. The van der Waals surface area contributed by atoms with Crippen molar-refractivity contribution in [1.82, 2.24) is 25.5 Å². The monoisotopic (exact) mass is 435 g/mol. The minimum absolute atomic E-state index is 0.0794. The van der Waals surface area contributed by atoms with E-state index in [1.165, 1.54) is 5.06 Å². The van der Waals surface area contributed by atoms with Gasteiger partial charge in [-0.1, -0.05) is 13.3 Å². The van der Waals surface area contributed by atoms with Gasteiger partial charge in [0.2, 0.25) is 11.8 Å². The second kappa shape index (κ2) is 8.29. The SMILES string of the molecule is CCCCON1C(=O)N2C[C@@H]1CC[C@H]2c1nnc(C2(CNC(=O)OC(C)(C)C)CC2)o1. The number of alkyl carbamates (subject to hydrolysis) is 1. The summed E-state index contributed by atoms with van der Waals surface area (Å²) in [4.78, 5) is 32.4. The number of carbonyl (C=O) groups is 2. The van der Waals surface area contributed by atoms with Crippen LogP contribution in [0.3, 0.4) is 0 Å². The number of amides is 3. The van der Waals surface area contributed by atoms with E-state index in [4.69, 9.17) is 14.0 Å². The molecule has 1 aromatic rings. The Bertz CT molecular complexity index is 815. The number of piperidine rings is 1. The van der Waals surface area contributed by atoms with Gasteiger partial charge in [-0.25, -0.2) is 9.59 Å². The fourth-order valence-electron chi connectivity index (χ4n) is 4.12. The van der Waals surface area contributed by atoms with E-state index in [0.717, 1.165) is 38.5 Å². The zero-order chi connectivity index (χ0) is 22.2. The highest BCUT2D eigenvalue weighted by atomic mass is 16.7. The van der Waals surface area contributed by atoms with Crippen LogP contribution in [0.4, 0.5) is 9.59 Å². The first-order valence-electron chi connectivity index (χ1n) is 11.3. The zero-order valence-corrected chi connectivity index (χ0v) is 18.8. The number of urea groups is 1. The minimum atomic E-state index is -0.548. The molecule has 0 radical (unpaired) electrons. The largest absolute Gasteiger partial charge is 0.444 e. The van der Waals surface area contributed by atoms with E-state index >= 15 is 0 Å². The molecule has 10 heteroatoms. The topological polar surface area (TPSA) is 110 Å². The van der Waals surface area contributed by atoms with Gasteiger partial charge in [-0.3, -0.25) is 4.84 Å². The maximum Gasteiger partial charge on any atom is 0.407 e. The molecule has 3 amide bonds. The molecule has 2 saturated heterocycles. The first-order chi connectivity index (χ1) is 14.7. The second-order valence-electron chi connectivity index (χ2n) is 9.78. The van der Waals surface area contributed by atoms with Gasteiger partial charge in [-0.15, -0.1) is 10.2 Å². The quantitative estimate of drug-likeness (QED) is 0.624. The van der Waals surface area contributed by atoms with Crippen molar-refractivity contribution < 1.29 is 23.6 Å². The molecule has 4 rings (SSSR count). The number of carbonyl (C=O) groups excluding carboxylic acids is 2. The summed E-state index contributed by atoms with van der Waals surface area (Å²) < 4.78 is 11.4. The summed E-state index contributed by atoms with van der Waals surface area (Å²) in [7, 11) is 0. The summed E-state index contributed by atoms with van der Waals surface area (Å²) in [6.45, 7) is 9.12. The van der Waals surface area contributed by atoms with Crippen LogP contribution >= 0.6 is 0 Å². The van der Waals surface area contributed by atoms with Crippen LogP contribution in [-0.2, 0) is 15.0 Å². The van der Waals surface area contributed by atoms with Gasteiger partial charge >= 0.3 is 12.1 Å². The Morgan fingerprint density at radius 3 is 2.74 bits per heavy atom. The highest BCUT2D eigenvalue weighted by Gasteiger charge is 2.51. The van der Waals surface area contributed by atoms with E-state index in [0.29, 0.717) is 31.5 Å². The number of fused-ring (bicyclic) bond motifs is 2. The van der Waals surface area contributed by atoms with Crippen molar-refractivity contribution >= 4 is 12.1 Å². The fourth-order valence-corrected chi connectivity index (χ4v) is 4.12. The van der Waals surface area contributed by atoms with Crippen LogP contribution in [-0.4, -0.2) is 63.6 Å². The van der Waals surface area contributed by atoms with E-state index in [-0.39, 0.29) is 23.5 Å². The van der Waals surface area contributed by atoms with Gasteiger partial charge in [0.25, 0.3) is 0 Å². The highest BCUT2D eigenvalue weighted by molar-refractivity contribution is 5.77.